The lowest BCUT2D eigenvalue weighted by atomic mass is 9.91. The summed E-state index contributed by atoms with van der Waals surface area (Å²) in [5, 5.41) is 0. The van der Waals surface area contributed by atoms with Crippen molar-refractivity contribution in [1.29, 1.82) is 0 Å². The van der Waals surface area contributed by atoms with E-state index in [1.807, 2.05) is 73.7 Å². The number of benzene rings is 3. The molecule has 4 heteroatoms. The molecule has 1 aliphatic heterocycles. The number of aryl methyl sites for hydroxylation is 1. The Hall–Kier alpha value is -3.66. The third kappa shape index (κ3) is 4.15. The predicted octanol–water partition coefficient (Wildman–Crippen LogP) is 5.90. The summed E-state index contributed by atoms with van der Waals surface area (Å²) in [7, 11) is 0. The topological polar surface area (TPSA) is 46.6 Å². The molecule has 1 heterocycles. The molecule has 1 aliphatic rings. The number of imide groups is 1. The molecule has 0 aromatic heterocycles. The molecule has 0 spiro atoms. The number of hydrogen-bond donors (Lipinski definition) is 0. The maximum absolute atomic E-state index is 13.5. The van der Waals surface area contributed by atoms with Gasteiger partial charge in [0.1, 0.15) is 5.75 Å². The zero-order valence-electron chi connectivity index (χ0n) is 17.8. The quantitative estimate of drug-likeness (QED) is 0.288. The van der Waals surface area contributed by atoms with E-state index in [0.717, 1.165) is 29.7 Å². The highest BCUT2D eigenvalue weighted by molar-refractivity contribution is 6.43. The smallest absolute Gasteiger partial charge is 0.265 e. The van der Waals surface area contributed by atoms with Gasteiger partial charge in [0.2, 0.25) is 0 Å². The molecule has 0 bridgehead atoms. The summed E-state index contributed by atoms with van der Waals surface area (Å²) in [5.41, 5.74) is 4.04. The van der Waals surface area contributed by atoms with Gasteiger partial charge in [-0.3, -0.25) is 9.59 Å². The molecule has 0 saturated heterocycles. The predicted molar refractivity (Wildman–Crippen MR) is 124 cm³/mol. The first-order valence-electron chi connectivity index (χ1n) is 10.6. The third-order valence-corrected chi connectivity index (χ3v) is 5.40. The molecule has 4 nitrogen and oxygen atoms in total. The monoisotopic (exact) mass is 411 g/mol. The fourth-order valence-corrected chi connectivity index (χ4v) is 3.69. The van der Waals surface area contributed by atoms with Crippen LogP contribution in [0.5, 0.6) is 5.75 Å². The van der Waals surface area contributed by atoms with E-state index in [0.29, 0.717) is 29.0 Å². The van der Waals surface area contributed by atoms with Gasteiger partial charge in [0.05, 0.1) is 12.3 Å². The molecule has 156 valence electrons. The van der Waals surface area contributed by atoms with E-state index in [9.17, 15) is 9.59 Å². The summed E-state index contributed by atoms with van der Waals surface area (Å²) in [6.07, 6.45) is 3.94. The van der Waals surface area contributed by atoms with Crippen molar-refractivity contribution in [3.63, 3.8) is 0 Å². The van der Waals surface area contributed by atoms with E-state index >= 15 is 0 Å². The fraction of sp³-hybridized carbons (Fsp3) is 0.185. The molecule has 0 aliphatic carbocycles. The van der Waals surface area contributed by atoms with Crippen molar-refractivity contribution >= 4 is 29.2 Å². The molecule has 0 fully saturated rings. The molecule has 3 aromatic rings. The fourth-order valence-electron chi connectivity index (χ4n) is 3.69. The van der Waals surface area contributed by atoms with Crippen molar-refractivity contribution in [2.24, 2.45) is 0 Å². The largest absolute Gasteiger partial charge is 0.494 e. The number of fused-ring (bicyclic) bond motifs is 1. The number of unbranched alkanes of at least 4 members (excludes halogenated alkanes) is 1. The normalized spacial score (nSPS) is 14.6. The zero-order valence-corrected chi connectivity index (χ0v) is 17.8. The summed E-state index contributed by atoms with van der Waals surface area (Å²) >= 11 is 0. The lowest BCUT2D eigenvalue weighted by Crippen LogP contribution is -2.42. The Morgan fingerprint density at radius 3 is 2.23 bits per heavy atom. The van der Waals surface area contributed by atoms with Gasteiger partial charge in [0, 0.05) is 11.1 Å². The number of para-hydroxylation sites is 1. The molecule has 4 rings (SSSR count). The Balaban J connectivity index is 1.74. The maximum Gasteiger partial charge on any atom is 0.265 e. The molecule has 31 heavy (non-hydrogen) atoms. The standard InChI is InChI=1S/C27H25NO3/c1-3-4-17-31-21-15-13-20(14-16-21)18-24-22-10-6-7-11-23(22)26(29)28(27(24)30)25-12-8-5-9-19(25)2/h5-16,18H,3-4,17H2,1-2H3/b24-18-. The Morgan fingerprint density at radius 2 is 1.52 bits per heavy atom. The first kappa shape index (κ1) is 20.6. The number of anilines is 1. The van der Waals surface area contributed by atoms with Crippen LogP contribution in [0, 0.1) is 6.92 Å². The number of amides is 2. The molecule has 0 saturated carbocycles. The summed E-state index contributed by atoms with van der Waals surface area (Å²) in [4.78, 5) is 28.0. The van der Waals surface area contributed by atoms with E-state index < -0.39 is 0 Å². The van der Waals surface area contributed by atoms with Gasteiger partial charge >= 0.3 is 0 Å². The first-order chi connectivity index (χ1) is 15.1. The van der Waals surface area contributed by atoms with Gasteiger partial charge < -0.3 is 4.74 Å². The summed E-state index contributed by atoms with van der Waals surface area (Å²) < 4.78 is 5.73. The minimum atomic E-state index is -0.318. The molecule has 0 N–H and O–H groups in total. The lowest BCUT2D eigenvalue weighted by molar-refractivity contribution is -0.112. The molecule has 0 radical (unpaired) electrons. The second-order valence-electron chi connectivity index (χ2n) is 7.61. The minimum Gasteiger partial charge on any atom is -0.494 e. The van der Waals surface area contributed by atoms with Crippen LogP contribution in [0.15, 0.2) is 72.8 Å². The molecule has 0 unspecified atom stereocenters. The molecular formula is C27H25NO3. The number of carbonyl (C=O) groups excluding carboxylic acids is 2. The van der Waals surface area contributed by atoms with Gasteiger partial charge in [-0.25, -0.2) is 4.90 Å². The van der Waals surface area contributed by atoms with Crippen LogP contribution in [-0.4, -0.2) is 18.4 Å². The van der Waals surface area contributed by atoms with Gasteiger partial charge in [-0.15, -0.1) is 0 Å². The van der Waals surface area contributed by atoms with Gasteiger partial charge in [-0.2, -0.15) is 0 Å². The number of hydrogen-bond acceptors (Lipinski definition) is 3. The van der Waals surface area contributed by atoms with E-state index in [1.165, 1.54) is 4.90 Å². The van der Waals surface area contributed by atoms with Crippen LogP contribution in [0.4, 0.5) is 5.69 Å². The summed E-state index contributed by atoms with van der Waals surface area (Å²) in [6.45, 7) is 4.72. The van der Waals surface area contributed by atoms with Gasteiger partial charge in [-0.05, 0) is 60.4 Å². The van der Waals surface area contributed by atoms with Crippen molar-refractivity contribution in [1.82, 2.24) is 0 Å². The number of ether oxygens (including phenoxy) is 1. The van der Waals surface area contributed by atoms with Crippen LogP contribution in [0.3, 0.4) is 0 Å². The summed E-state index contributed by atoms with van der Waals surface area (Å²) in [5.74, 6) is 0.190. The van der Waals surface area contributed by atoms with Gasteiger partial charge in [-0.1, -0.05) is 61.9 Å². The molecule has 2 amide bonds. The zero-order chi connectivity index (χ0) is 21.8. The Morgan fingerprint density at radius 1 is 0.839 bits per heavy atom. The number of carbonyl (C=O) groups is 2. The highest BCUT2D eigenvalue weighted by atomic mass is 16.5. The first-order valence-corrected chi connectivity index (χ1v) is 10.6. The van der Waals surface area contributed by atoms with Crippen molar-refractivity contribution < 1.29 is 14.3 Å². The van der Waals surface area contributed by atoms with E-state index in [1.54, 1.807) is 12.1 Å². The Labute approximate surface area is 182 Å². The van der Waals surface area contributed by atoms with Crippen molar-refractivity contribution in [3.8, 4) is 5.75 Å². The maximum atomic E-state index is 13.5. The third-order valence-electron chi connectivity index (χ3n) is 5.40. The summed E-state index contributed by atoms with van der Waals surface area (Å²) in [6, 6.07) is 22.4. The highest BCUT2D eigenvalue weighted by Gasteiger charge is 2.36. The van der Waals surface area contributed by atoms with Gasteiger partial charge in [0.25, 0.3) is 11.8 Å². The van der Waals surface area contributed by atoms with E-state index in [2.05, 4.69) is 6.92 Å². The highest BCUT2D eigenvalue weighted by Crippen LogP contribution is 2.34. The minimum absolute atomic E-state index is 0.299. The van der Waals surface area contributed by atoms with Crippen molar-refractivity contribution in [2.75, 3.05) is 11.5 Å². The number of rotatable bonds is 6. The average molecular weight is 412 g/mol. The average Bonchev–Trinajstić information content (AvgIpc) is 2.79. The molecule has 0 atom stereocenters. The second-order valence-corrected chi connectivity index (χ2v) is 7.61. The molecule has 3 aromatic carbocycles. The lowest BCUT2D eigenvalue weighted by Gasteiger charge is -2.29. The van der Waals surface area contributed by atoms with Crippen LogP contribution < -0.4 is 9.64 Å². The number of nitrogens with zero attached hydrogens (tertiary/aromatic N) is 1. The SMILES string of the molecule is CCCCOc1ccc(/C=C2\C(=O)N(c3ccccc3C)C(=O)c3ccccc32)cc1. The van der Waals surface area contributed by atoms with E-state index in [-0.39, 0.29) is 11.8 Å². The van der Waals surface area contributed by atoms with Crippen molar-refractivity contribution in [2.45, 2.75) is 26.7 Å². The van der Waals surface area contributed by atoms with Crippen LogP contribution in [0.1, 0.15) is 46.8 Å². The Kier molecular flexibility index (Phi) is 5.99. The molecular weight excluding hydrogens is 386 g/mol. The second kappa shape index (κ2) is 9.00. The van der Waals surface area contributed by atoms with Crippen molar-refractivity contribution in [3.05, 3.63) is 95.1 Å². The van der Waals surface area contributed by atoms with E-state index in [4.69, 9.17) is 4.74 Å². The van der Waals surface area contributed by atoms with Crippen LogP contribution in [0.25, 0.3) is 11.6 Å². The van der Waals surface area contributed by atoms with Crippen LogP contribution in [-0.2, 0) is 4.79 Å². The Bertz CT molecular complexity index is 1150. The van der Waals surface area contributed by atoms with Crippen LogP contribution in [0.2, 0.25) is 0 Å². The van der Waals surface area contributed by atoms with Crippen LogP contribution >= 0.6 is 0 Å². The van der Waals surface area contributed by atoms with Gasteiger partial charge in [0.15, 0.2) is 0 Å².